The molecule has 1 heterocycles. The van der Waals surface area contributed by atoms with Crippen molar-refractivity contribution >= 4 is 5.97 Å². The highest BCUT2D eigenvalue weighted by molar-refractivity contribution is 5.74. The fraction of sp³-hybridized carbons (Fsp3) is 0.533. The van der Waals surface area contributed by atoms with Gasteiger partial charge in [0.1, 0.15) is 17.5 Å². The Balaban J connectivity index is 2.32. The maximum Gasteiger partial charge on any atom is 0.320 e. The average Bonchev–Trinajstić information content (AvgIpc) is 2.95. The van der Waals surface area contributed by atoms with Gasteiger partial charge in [0.15, 0.2) is 0 Å². The van der Waals surface area contributed by atoms with Crippen molar-refractivity contribution in [2.24, 2.45) is 0 Å². The Morgan fingerprint density at radius 2 is 2.15 bits per heavy atom. The van der Waals surface area contributed by atoms with Crippen LogP contribution in [-0.2, 0) is 4.79 Å². The molecule has 2 unspecified atom stereocenters. The Kier molecular flexibility index (Phi) is 4.49. The van der Waals surface area contributed by atoms with Crippen LogP contribution < -0.4 is 9.47 Å². The molecule has 0 aromatic heterocycles. The molecule has 2 rings (SSSR count). The largest absolute Gasteiger partial charge is 0.497 e. The Bertz CT molecular complexity index is 489. The van der Waals surface area contributed by atoms with Crippen LogP contribution in [0.4, 0.5) is 0 Å². The molecule has 0 spiro atoms. The fourth-order valence-corrected chi connectivity index (χ4v) is 2.86. The highest BCUT2D eigenvalue weighted by Gasteiger charge is 2.35. The molecule has 2 atom stereocenters. The standard InChI is InChI=1S/C15H21NO4/c1-10(16-8-4-5-13(16)15(17)18)12-9-11(19-2)6-7-14(12)20-3/h6-7,9-10,13H,4-5,8H2,1-3H3,(H,17,18). The van der Waals surface area contributed by atoms with Gasteiger partial charge in [-0.25, -0.2) is 0 Å². The number of carboxylic acids is 1. The third-order valence-corrected chi connectivity index (χ3v) is 3.96. The van der Waals surface area contributed by atoms with Crippen molar-refractivity contribution in [3.63, 3.8) is 0 Å². The van der Waals surface area contributed by atoms with Crippen molar-refractivity contribution in [2.45, 2.75) is 31.8 Å². The molecule has 1 aromatic carbocycles. The predicted molar refractivity (Wildman–Crippen MR) is 75.3 cm³/mol. The SMILES string of the molecule is COc1ccc(OC)c(C(C)N2CCCC2C(=O)O)c1. The zero-order chi connectivity index (χ0) is 14.7. The summed E-state index contributed by atoms with van der Waals surface area (Å²) in [4.78, 5) is 13.3. The van der Waals surface area contributed by atoms with Crippen LogP contribution in [-0.4, -0.2) is 42.8 Å². The molecule has 0 radical (unpaired) electrons. The molecule has 1 aliphatic rings. The van der Waals surface area contributed by atoms with E-state index in [1.807, 2.05) is 30.0 Å². The molecule has 0 amide bonds. The molecule has 5 nitrogen and oxygen atoms in total. The van der Waals surface area contributed by atoms with Crippen molar-refractivity contribution in [1.82, 2.24) is 4.90 Å². The number of benzene rings is 1. The first-order chi connectivity index (χ1) is 9.58. The van der Waals surface area contributed by atoms with Gasteiger partial charge >= 0.3 is 5.97 Å². The number of ether oxygens (including phenoxy) is 2. The van der Waals surface area contributed by atoms with Gasteiger partial charge in [0, 0.05) is 11.6 Å². The maximum absolute atomic E-state index is 11.3. The van der Waals surface area contributed by atoms with Crippen LogP contribution in [0.5, 0.6) is 11.5 Å². The second kappa shape index (κ2) is 6.13. The summed E-state index contributed by atoms with van der Waals surface area (Å²) >= 11 is 0. The summed E-state index contributed by atoms with van der Waals surface area (Å²) in [7, 11) is 3.24. The number of methoxy groups -OCH3 is 2. The smallest absolute Gasteiger partial charge is 0.320 e. The van der Waals surface area contributed by atoms with Crippen LogP contribution in [0.1, 0.15) is 31.4 Å². The van der Waals surface area contributed by atoms with Crippen LogP contribution in [0.3, 0.4) is 0 Å². The summed E-state index contributed by atoms with van der Waals surface area (Å²) < 4.78 is 10.6. The molecule has 20 heavy (non-hydrogen) atoms. The minimum Gasteiger partial charge on any atom is -0.497 e. The first-order valence-electron chi connectivity index (χ1n) is 6.79. The van der Waals surface area contributed by atoms with E-state index in [0.29, 0.717) is 6.42 Å². The second-order valence-corrected chi connectivity index (χ2v) is 5.02. The Hall–Kier alpha value is -1.75. The van der Waals surface area contributed by atoms with Crippen LogP contribution in [0, 0.1) is 0 Å². The van der Waals surface area contributed by atoms with E-state index in [1.54, 1.807) is 14.2 Å². The van der Waals surface area contributed by atoms with Gasteiger partial charge in [-0.2, -0.15) is 0 Å². The van der Waals surface area contributed by atoms with E-state index >= 15 is 0 Å². The third-order valence-electron chi connectivity index (χ3n) is 3.96. The van der Waals surface area contributed by atoms with E-state index in [-0.39, 0.29) is 6.04 Å². The molecule has 1 saturated heterocycles. The monoisotopic (exact) mass is 279 g/mol. The predicted octanol–water partition coefficient (Wildman–Crippen LogP) is 2.31. The highest BCUT2D eigenvalue weighted by Crippen LogP contribution is 2.36. The third kappa shape index (κ3) is 2.72. The number of hydrogen-bond donors (Lipinski definition) is 1. The fourth-order valence-electron chi connectivity index (χ4n) is 2.86. The summed E-state index contributed by atoms with van der Waals surface area (Å²) in [6, 6.07) is 5.18. The van der Waals surface area contributed by atoms with E-state index in [4.69, 9.17) is 9.47 Å². The Morgan fingerprint density at radius 3 is 2.75 bits per heavy atom. The van der Waals surface area contributed by atoms with Gasteiger partial charge in [-0.3, -0.25) is 9.69 Å². The van der Waals surface area contributed by atoms with E-state index in [0.717, 1.165) is 30.0 Å². The maximum atomic E-state index is 11.3. The summed E-state index contributed by atoms with van der Waals surface area (Å²) in [6.45, 7) is 2.80. The van der Waals surface area contributed by atoms with Gasteiger partial charge in [0.05, 0.1) is 14.2 Å². The van der Waals surface area contributed by atoms with Crippen molar-refractivity contribution in [1.29, 1.82) is 0 Å². The van der Waals surface area contributed by atoms with Gasteiger partial charge in [0.2, 0.25) is 0 Å². The van der Waals surface area contributed by atoms with Crippen molar-refractivity contribution in [3.05, 3.63) is 23.8 Å². The first-order valence-corrected chi connectivity index (χ1v) is 6.79. The zero-order valence-electron chi connectivity index (χ0n) is 12.1. The number of likely N-dealkylation sites (tertiary alicyclic amines) is 1. The summed E-state index contributed by atoms with van der Waals surface area (Å²) in [5, 5.41) is 9.31. The Morgan fingerprint density at radius 1 is 1.40 bits per heavy atom. The van der Waals surface area contributed by atoms with Gasteiger partial charge in [-0.1, -0.05) is 0 Å². The van der Waals surface area contributed by atoms with E-state index in [9.17, 15) is 9.90 Å². The molecule has 0 aliphatic carbocycles. The van der Waals surface area contributed by atoms with Crippen LogP contribution in [0.25, 0.3) is 0 Å². The van der Waals surface area contributed by atoms with Gasteiger partial charge in [-0.15, -0.1) is 0 Å². The molecule has 0 bridgehead atoms. The number of nitrogens with zero attached hydrogens (tertiary/aromatic N) is 1. The molecular weight excluding hydrogens is 258 g/mol. The van der Waals surface area contributed by atoms with E-state index in [2.05, 4.69) is 0 Å². The number of aliphatic carboxylic acids is 1. The summed E-state index contributed by atoms with van der Waals surface area (Å²) in [5.41, 5.74) is 0.958. The van der Waals surface area contributed by atoms with Crippen LogP contribution in [0.15, 0.2) is 18.2 Å². The van der Waals surface area contributed by atoms with Crippen LogP contribution in [0.2, 0.25) is 0 Å². The molecule has 5 heteroatoms. The Labute approximate surface area is 119 Å². The summed E-state index contributed by atoms with van der Waals surface area (Å²) in [6.07, 6.45) is 1.61. The topological polar surface area (TPSA) is 59.0 Å². The molecule has 1 aliphatic heterocycles. The molecule has 1 fully saturated rings. The van der Waals surface area contributed by atoms with E-state index in [1.165, 1.54) is 0 Å². The number of rotatable bonds is 5. The second-order valence-electron chi connectivity index (χ2n) is 5.02. The highest BCUT2D eigenvalue weighted by atomic mass is 16.5. The number of carbonyl (C=O) groups is 1. The van der Waals surface area contributed by atoms with Gasteiger partial charge < -0.3 is 14.6 Å². The zero-order valence-corrected chi connectivity index (χ0v) is 12.1. The number of carboxylic acid groups (broad SMARTS) is 1. The average molecular weight is 279 g/mol. The first kappa shape index (κ1) is 14.7. The number of hydrogen-bond acceptors (Lipinski definition) is 4. The summed E-state index contributed by atoms with van der Waals surface area (Å²) in [5.74, 6) is 0.754. The van der Waals surface area contributed by atoms with Crippen molar-refractivity contribution in [3.8, 4) is 11.5 Å². The lowest BCUT2D eigenvalue weighted by Gasteiger charge is -2.29. The molecule has 1 aromatic rings. The van der Waals surface area contributed by atoms with Gasteiger partial charge in [0.25, 0.3) is 0 Å². The molecule has 0 saturated carbocycles. The van der Waals surface area contributed by atoms with Gasteiger partial charge in [-0.05, 0) is 44.5 Å². The lowest BCUT2D eigenvalue weighted by Crippen LogP contribution is -2.37. The lowest BCUT2D eigenvalue weighted by atomic mass is 10.0. The van der Waals surface area contributed by atoms with Crippen LogP contribution >= 0.6 is 0 Å². The van der Waals surface area contributed by atoms with Crippen molar-refractivity contribution < 1.29 is 19.4 Å². The minimum absolute atomic E-state index is 0.0244. The minimum atomic E-state index is -0.754. The van der Waals surface area contributed by atoms with E-state index < -0.39 is 12.0 Å². The lowest BCUT2D eigenvalue weighted by molar-refractivity contribution is -0.142. The normalized spacial score (nSPS) is 20.6. The molecule has 110 valence electrons. The molecular formula is C15H21NO4. The molecule has 1 N–H and O–H groups in total. The van der Waals surface area contributed by atoms with Crippen molar-refractivity contribution in [2.75, 3.05) is 20.8 Å². The quantitative estimate of drug-likeness (QED) is 0.896.